The molecule has 1 unspecified atom stereocenters. The average molecular weight is 402 g/mol. The maximum Gasteiger partial charge on any atom is 0.262 e. The van der Waals surface area contributed by atoms with Crippen LogP contribution in [0.4, 0.5) is 0 Å². The van der Waals surface area contributed by atoms with Gasteiger partial charge in [-0.1, -0.05) is 50.6 Å². The van der Waals surface area contributed by atoms with E-state index >= 15 is 0 Å². The Kier molecular flexibility index (Phi) is 6.72. The first-order valence-electron chi connectivity index (χ1n) is 9.85. The van der Waals surface area contributed by atoms with Crippen molar-refractivity contribution in [3.63, 3.8) is 0 Å². The van der Waals surface area contributed by atoms with E-state index < -0.39 is 0 Å². The highest BCUT2D eigenvalue weighted by molar-refractivity contribution is 7.99. The molecule has 0 radical (unpaired) electrons. The molecule has 3 rings (SSSR count). The van der Waals surface area contributed by atoms with Gasteiger partial charge >= 0.3 is 0 Å². The van der Waals surface area contributed by atoms with Crippen molar-refractivity contribution in [3.8, 4) is 0 Å². The number of aromatic nitrogens is 4. The first-order valence-corrected chi connectivity index (χ1v) is 10.8. The van der Waals surface area contributed by atoms with E-state index in [1.807, 2.05) is 42.5 Å². The number of aryl methyl sites for hydroxylation is 1. The lowest BCUT2D eigenvalue weighted by Gasteiger charge is -2.12. The van der Waals surface area contributed by atoms with Gasteiger partial charge in [-0.3, -0.25) is 18.6 Å². The topological polar surface area (TPSA) is 81.3 Å². The number of amides is 1. The molecule has 0 fully saturated rings. The van der Waals surface area contributed by atoms with E-state index in [4.69, 9.17) is 0 Å². The summed E-state index contributed by atoms with van der Waals surface area (Å²) in [6.07, 6.45) is 3.94. The number of hydrogen-bond donors (Lipinski definition) is 1. The lowest BCUT2D eigenvalue weighted by Crippen LogP contribution is -2.33. The van der Waals surface area contributed by atoms with Crippen molar-refractivity contribution in [2.75, 3.05) is 5.75 Å². The van der Waals surface area contributed by atoms with Crippen LogP contribution >= 0.6 is 11.8 Å². The number of benzene rings is 1. The van der Waals surface area contributed by atoms with Gasteiger partial charge in [-0.15, -0.1) is 10.2 Å². The summed E-state index contributed by atoms with van der Waals surface area (Å²) in [5, 5.41) is 12.8. The lowest BCUT2D eigenvalue weighted by atomic mass is 10.2. The van der Waals surface area contributed by atoms with Crippen molar-refractivity contribution in [1.82, 2.24) is 24.5 Å². The van der Waals surface area contributed by atoms with Crippen LogP contribution in [0.25, 0.3) is 16.7 Å². The van der Waals surface area contributed by atoms with E-state index in [0.717, 1.165) is 31.2 Å². The van der Waals surface area contributed by atoms with Crippen molar-refractivity contribution in [2.24, 2.45) is 0 Å². The normalized spacial score (nSPS) is 12.5. The van der Waals surface area contributed by atoms with Crippen LogP contribution in [0.2, 0.25) is 0 Å². The van der Waals surface area contributed by atoms with E-state index in [1.54, 1.807) is 4.57 Å². The van der Waals surface area contributed by atoms with E-state index in [9.17, 15) is 9.59 Å². The summed E-state index contributed by atoms with van der Waals surface area (Å²) in [7, 11) is 0. The molecule has 0 aliphatic carbocycles. The minimum Gasteiger partial charge on any atom is -0.353 e. The number of thioether (sulfide) groups is 1. The maximum absolute atomic E-state index is 13.0. The van der Waals surface area contributed by atoms with Gasteiger partial charge in [0.2, 0.25) is 11.7 Å². The monoisotopic (exact) mass is 401 g/mol. The van der Waals surface area contributed by atoms with E-state index in [2.05, 4.69) is 22.4 Å². The maximum atomic E-state index is 13.0. The Hall–Kier alpha value is -2.35. The number of nitrogens with one attached hydrogen (secondary N) is 1. The first-order chi connectivity index (χ1) is 13.6. The zero-order valence-corrected chi connectivity index (χ0v) is 17.5. The van der Waals surface area contributed by atoms with Crippen molar-refractivity contribution >= 4 is 34.3 Å². The van der Waals surface area contributed by atoms with Gasteiger partial charge in [0.15, 0.2) is 5.16 Å². The Balaban J connectivity index is 1.99. The van der Waals surface area contributed by atoms with Gasteiger partial charge in [-0.05, 0) is 31.9 Å². The van der Waals surface area contributed by atoms with Gasteiger partial charge in [0.1, 0.15) is 0 Å². The molecule has 150 valence electrons. The number of carbonyl (C=O) groups is 1. The second kappa shape index (κ2) is 9.23. The zero-order valence-electron chi connectivity index (χ0n) is 16.6. The summed E-state index contributed by atoms with van der Waals surface area (Å²) in [5.41, 5.74) is 0.724. The molecule has 0 aliphatic rings. The summed E-state index contributed by atoms with van der Waals surface area (Å²) in [5.74, 6) is 0.760. The number of carbonyl (C=O) groups excluding carboxylic acids is 1. The molecule has 0 spiro atoms. The number of rotatable bonds is 9. The highest BCUT2D eigenvalue weighted by Crippen LogP contribution is 2.21. The summed E-state index contributed by atoms with van der Waals surface area (Å²) in [6, 6.07) is 7.63. The molecule has 7 nitrogen and oxygen atoms in total. The van der Waals surface area contributed by atoms with Gasteiger partial charge in [-0.2, -0.15) is 0 Å². The standard InChI is InChI=1S/C20H27N5O2S/c1-4-6-9-12-24-18(27)15-10-7-8-11-16(15)25-19(24)22-23-20(25)28-13-17(26)21-14(3)5-2/h7-8,10-11,14H,4-6,9,12-13H2,1-3H3,(H,21,26). The third-order valence-corrected chi connectivity index (χ3v) is 5.74. The van der Waals surface area contributed by atoms with E-state index in [-0.39, 0.29) is 23.3 Å². The lowest BCUT2D eigenvalue weighted by molar-refractivity contribution is -0.119. The van der Waals surface area contributed by atoms with Gasteiger partial charge in [0, 0.05) is 12.6 Å². The van der Waals surface area contributed by atoms with Gasteiger partial charge in [0.05, 0.1) is 16.7 Å². The van der Waals surface area contributed by atoms with E-state index in [0.29, 0.717) is 22.9 Å². The smallest absolute Gasteiger partial charge is 0.262 e. The number of unbranched alkanes of at least 4 members (excludes halogenated alkanes) is 2. The quantitative estimate of drug-likeness (QED) is 0.440. The minimum absolute atomic E-state index is 0.0309. The van der Waals surface area contributed by atoms with Crippen LogP contribution in [0.5, 0.6) is 0 Å². The molecule has 1 amide bonds. The van der Waals surface area contributed by atoms with Crippen LogP contribution in [-0.4, -0.2) is 36.9 Å². The Morgan fingerprint density at radius 3 is 2.75 bits per heavy atom. The number of fused-ring (bicyclic) bond motifs is 3. The predicted molar refractivity (Wildman–Crippen MR) is 113 cm³/mol. The second-order valence-electron chi connectivity index (χ2n) is 6.96. The molecule has 1 N–H and O–H groups in total. The summed E-state index contributed by atoms with van der Waals surface area (Å²) < 4.78 is 3.60. The fourth-order valence-electron chi connectivity index (χ4n) is 3.10. The summed E-state index contributed by atoms with van der Waals surface area (Å²) in [6.45, 7) is 6.76. The second-order valence-corrected chi connectivity index (χ2v) is 7.91. The van der Waals surface area contributed by atoms with Crippen LogP contribution < -0.4 is 10.9 Å². The molecule has 0 saturated heterocycles. The Labute approximate surface area is 168 Å². The molecule has 2 heterocycles. The van der Waals surface area contributed by atoms with Crippen LogP contribution in [0.1, 0.15) is 46.5 Å². The average Bonchev–Trinajstić information content (AvgIpc) is 3.13. The number of nitrogens with zero attached hydrogens (tertiary/aromatic N) is 4. The van der Waals surface area contributed by atoms with Crippen molar-refractivity contribution < 1.29 is 4.79 Å². The molecule has 2 aromatic heterocycles. The fraction of sp³-hybridized carbons (Fsp3) is 0.500. The Morgan fingerprint density at radius 1 is 1.21 bits per heavy atom. The third kappa shape index (κ3) is 4.22. The van der Waals surface area contributed by atoms with Gasteiger partial charge in [0.25, 0.3) is 5.56 Å². The molecule has 0 aliphatic heterocycles. The van der Waals surface area contributed by atoms with Crippen LogP contribution in [-0.2, 0) is 11.3 Å². The minimum atomic E-state index is -0.0438. The molecular formula is C20H27N5O2S. The van der Waals surface area contributed by atoms with E-state index in [1.165, 1.54) is 11.8 Å². The van der Waals surface area contributed by atoms with Crippen molar-refractivity contribution in [3.05, 3.63) is 34.6 Å². The zero-order chi connectivity index (χ0) is 20.1. The Bertz CT molecular complexity index is 1030. The molecule has 28 heavy (non-hydrogen) atoms. The third-order valence-electron chi connectivity index (χ3n) is 4.82. The molecule has 0 bridgehead atoms. The Morgan fingerprint density at radius 2 is 2.00 bits per heavy atom. The molecule has 1 aromatic carbocycles. The first kappa shape index (κ1) is 20.4. The van der Waals surface area contributed by atoms with Crippen LogP contribution in [0, 0.1) is 0 Å². The summed E-state index contributed by atoms with van der Waals surface area (Å²) >= 11 is 1.34. The van der Waals surface area contributed by atoms with Crippen molar-refractivity contribution in [1.29, 1.82) is 0 Å². The highest BCUT2D eigenvalue weighted by atomic mass is 32.2. The number of hydrogen-bond acceptors (Lipinski definition) is 5. The molecule has 3 aromatic rings. The summed E-state index contributed by atoms with van der Waals surface area (Å²) in [4.78, 5) is 25.1. The van der Waals surface area contributed by atoms with Gasteiger partial charge in [-0.25, -0.2) is 0 Å². The van der Waals surface area contributed by atoms with Crippen LogP contribution in [0.15, 0.2) is 34.2 Å². The largest absolute Gasteiger partial charge is 0.353 e. The van der Waals surface area contributed by atoms with Crippen LogP contribution in [0.3, 0.4) is 0 Å². The fourth-order valence-corrected chi connectivity index (χ4v) is 3.85. The number of para-hydroxylation sites is 1. The highest BCUT2D eigenvalue weighted by Gasteiger charge is 2.17. The molecule has 8 heteroatoms. The molecule has 1 atom stereocenters. The van der Waals surface area contributed by atoms with Crippen molar-refractivity contribution in [2.45, 2.75) is 64.2 Å². The molecular weight excluding hydrogens is 374 g/mol. The predicted octanol–water partition coefficient (Wildman–Crippen LogP) is 3.24. The van der Waals surface area contributed by atoms with Gasteiger partial charge < -0.3 is 5.32 Å². The SMILES string of the molecule is CCCCCn1c(=O)c2ccccc2n2c(SCC(=O)NC(C)CC)nnc12. The molecule has 0 saturated carbocycles.